The Bertz CT molecular complexity index is 1060. The Kier molecular flexibility index (Phi) is 4.05. The third-order valence-electron chi connectivity index (χ3n) is 4.73. The molecule has 1 aromatic heterocycles. The number of fused-ring (bicyclic) bond motifs is 1. The van der Waals surface area contributed by atoms with Gasteiger partial charge in [-0.2, -0.15) is 9.64 Å². The number of hydrogen-bond donors (Lipinski definition) is 3. The van der Waals surface area contributed by atoms with Gasteiger partial charge in [0.15, 0.2) is 0 Å². The molecule has 1 unspecified atom stereocenters. The maximum atomic E-state index is 12.3. The van der Waals surface area contributed by atoms with Crippen molar-refractivity contribution in [3.63, 3.8) is 0 Å². The van der Waals surface area contributed by atoms with Gasteiger partial charge in [0.2, 0.25) is 5.91 Å². The largest absolute Gasteiger partial charge is 0.367 e. The van der Waals surface area contributed by atoms with E-state index in [0.29, 0.717) is 16.9 Å². The smallest absolute Gasteiger partial charge is 0.248 e. The first-order chi connectivity index (χ1) is 13.0. The fourth-order valence-electron chi connectivity index (χ4n) is 3.37. The number of nitrogens with two attached hydrogens (primary N) is 1. The van der Waals surface area contributed by atoms with Gasteiger partial charge in [0.25, 0.3) is 0 Å². The summed E-state index contributed by atoms with van der Waals surface area (Å²) in [6.07, 6.45) is 9.63. The Hall–Kier alpha value is -3.37. The predicted octanol–water partition coefficient (Wildman–Crippen LogP) is 3.39. The maximum Gasteiger partial charge on any atom is 0.248 e. The number of nitriles is 1. The Morgan fingerprint density at radius 3 is 2.89 bits per heavy atom. The van der Waals surface area contributed by atoms with E-state index in [1.165, 1.54) is 11.5 Å². The molecule has 4 N–H and O–H groups in total. The minimum Gasteiger partial charge on any atom is -0.367 e. The zero-order valence-electron chi connectivity index (χ0n) is 14.6. The molecule has 6 nitrogen and oxygen atoms in total. The summed E-state index contributed by atoms with van der Waals surface area (Å²) in [4.78, 5) is 12.3. The molecular weight excluding hydrogens is 358 g/mol. The number of hydrogen-bond acceptors (Lipinski definition) is 6. The Morgan fingerprint density at radius 1 is 1.33 bits per heavy atom. The van der Waals surface area contributed by atoms with E-state index >= 15 is 0 Å². The molecule has 1 heterocycles. The molecule has 2 atom stereocenters. The van der Waals surface area contributed by atoms with Crippen molar-refractivity contribution in [2.75, 3.05) is 10.6 Å². The summed E-state index contributed by atoms with van der Waals surface area (Å²) in [6, 6.07) is 9.41. The van der Waals surface area contributed by atoms with Crippen LogP contribution in [0.5, 0.6) is 0 Å². The second kappa shape index (κ2) is 6.41. The number of allylic oxidation sites excluding steroid dienone is 4. The first kappa shape index (κ1) is 17.1. The van der Waals surface area contributed by atoms with E-state index in [1.54, 1.807) is 12.1 Å². The molecule has 2 aromatic rings. The minimum atomic E-state index is -0.923. The van der Waals surface area contributed by atoms with Gasteiger partial charge in [-0.15, -0.1) is 0 Å². The fraction of sp³-hybridized carbons (Fsp3) is 0.150. The van der Waals surface area contributed by atoms with Gasteiger partial charge in [0.1, 0.15) is 16.6 Å². The lowest BCUT2D eigenvalue weighted by atomic mass is 10.1. The van der Waals surface area contributed by atoms with Crippen LogP contribution < -0.4 is 16.4 Å². The van der Waals surface area contributed by atoms with Crippen molar-refractivity contribution in [2.45, 2.75) is 12.5 Å². The predicted molar refractivity (Wildman–Crippen MR) is 107 cm³/mol. The number of rotatable bonds is 5. The van der Waals surface area contributed by atoms with Gasteiger partial charge in [0.05, 0.1) is 16.9 Å². The molecule has 2 aliphatic rings. The number of amides is 1. The van der Waals surface area contributed by atoms with E-state index in [9.17, 15) is 10.1 Å². The summed E-state index contributed by atoms with van der Waals surface area (Å²) >= 11 is 1.33. The lowest BCUT2D eigenvalue weighted by Gasteiger charge is -2.18. The molecular formula is C20H17N5OS. The van der Waals surface area contributed by atoms with Crippen LogP contribution in [-0.4, -0.2) is 15.8 Å². The van der Waals surface area contributed by atoms with Crippen LogP contribution in [-0.2, 0) is 4.79 Å². The zero-order chi connectivity index (χ0) is 19.0. The average Bonchev–Trinajstić information content (AvgIpc) is 3.17. The van der Waals surface area contributed by atoms with Crippen LogP contribution in [0, 0.1) is 24.2 Å². The summed E-state index contributed by atoms with van der Waals surface area (Å²) in [5.74, 6) is -0.489. The monoisotopic (exact) mass is 375 g/mol. The highest BCUT2D eigenvalue weighted by Crippen LogP contribution is 2.53. The molecule has 27 heavy (non-hydrogen) atoms. The molecule has 134 valence electrons. The van der Waals surface area contributed by atoms with Gasteiger partial charge in [-0.05, 0) is 48.3 Å². The van der Waals surface area contributed by atoms with E-state index in [1.807, 2.05) is 49.4 Å². The lowest BCUT2D eigenvalue weighted by Crippen LogP contribution is -2.40. The highest BCUT2D eigenvalue weighted by Gasteiger charge is 2.63. The van der Waals surface area contributed by atoms with Crippen molar-refractivity contribution >= 4 is 33.8 Å². The average molecular weight is 375 g/mol. The molecule has 7 heteroatoms. The minimum absolute atomic E-state index is 0.0683. The summed E-state index contributed by atoms with van der Waals surface area (Å²) in [5.41, 5.74) is 8.53. The van der Waals surface area contributed by atoms with Gasteiger partial charge >= 0.3 is 0 Å². The van der Waals surface area contributed by atoms with Crippen molar-refractivity contribution in [3.05, 3.63) is 71.5 Å². The number of aromatic nitrogens is 1. The molecule has 1 saturated carbocycles. The topological polar surface area (TPSA) is 104 Å². The molecule has 0 saturated heterocycles. The third-order valence-corrected chi connectivity index (χ3v) is 5.53. The van der Waals surface area contributed by atoms with Gasteiger partial charge < -0.3 is 16.4 Å². The summed E-state index contributed by atoms with van der Waals surface area (Å²) in [5, 5.41) is 16.8. The van der Waals surface area contributed by atoms with E-state index in [0.717, 1.165) is 16.3 Å². The Labute approximate surface area is 160 Å². The Morgan fingerprint density at radius 2 is 2.19 bits per heavy atom. The van der Waals surface area contributed by atoms with Crippen LogP contribution >= 0.6 is 11.5 Å². The van der Waals surface area contributed by atoms with Crippen LogP contribution in [0.1, 0.15) is 11.3 Å². The van der Waals surface area contributed by atoms with Gasteiger partial charge in [0, 0.05) is 11.6 Å². The molecule has 1 amide bonds. The van der Waals surface area contributed by atoms with Gasteiger partial charge in [-0.25, -0.2) is 0 Å². The van der Waals surface area contributed by atoms with Crippen molar-refractivity contribution in [1.82, 2.24) is 4.37 Å². The number of benzene rings is 1. The molecule has 0 spiro atoms. The molecule has 4 rings (SSSR count). The van der Waals surface area contributed by atoms with Crippen molar-refractivity contribution in [1.29, 1.82) is 5.26 Å². The standard InChI is InChI=1S/C20H17N5OS/c1-12-9-18(27-25-12)23-17-10-14(8-7-13(17)11-21)24-20(19(22)26)15-5-3-2-4-6-16(15)20/h2-10,15,23-24H,1H3,(H2,22,26)/t15?,20-/m1/s1. The van der Waals surface area contributed by atoms with E-state index in [2.05, 4.69) is 21.1 Å². The number of nitrogens with one attached hydrogen (secondary N) is 2. The maximum absolute atomic E-state index is 12.3. The fourth-order valence-corrected chi connectivity index (χ4v) is 4.05. The van der Waals surface area contributed by atoms with Crippen LogP contribution in [0.2, 0.25) is 0 Å². The van der Waals surface area contributed by atoms with Crippen LogP contribution in [0.3, 0.4) is 0 Å². The van der Waals surface area contributed by atoms with E-state index in [4.69, 9.17) is 5.73 Å². The quantitative estimate of drug-likeness (QED) is 0.743. The molecule has 0 bridgehead atoms. The van der Waals surface area contributed by atoms with Gasteiger partial charge in [-0.3, -0.25) is 4.79 Å². The second-order valence-corrected chi connectivity index (χ2v) is 7.30. The SMILES string of the molecule is Cc1cc(Nc2cc(N[C@@]3(C(N)=O)C4=CC=CC=CC43)ccc2C#N)sn1. The highest BCUT2D eigenvalue weighted by atomic mass is 32.1. The molecule has 0 aliphatic heterocycles. The van der Waals surface area contributed by atoms with E-state index in [-0.39, 0.29) is 5.92 Å². The normalized spacial score (nSPS) is 22.2. The second-order valence-electron chi connectivity index (χ2n) is 6.50. The molecule has 1 aromatic carbocycles. The number of carbonyl (C=O) groups excluding carboxylic acids is 1. The Balaban J connectivity index is 1.66. The molecule has 1 fully saturated rings. The van der Waals surface area contributed by atoms with Crippen molar-refractivity contribution in [2.24, 2.45) is 11.7 Å². The summed E-state index contributed by atoms with van der Waals surface area (Å²) < 4.78 is 4.24. The molecule has 2 aliphatic carbocycles. The number of nitrogens with zero attached hydrogens (tertiary/aromatic N) is 2. The number of carbonyl (C=O) groups is 1. The zero-order valence-corrected chi connectivity index (χ0v) is 15.4. The van der Waals surface area contributed by atoms with Gasteiger partial charge in [-0.1, -0.05) is 30.4 Å². The van der Waals surface area contributed by atoms with Crippen LogP contribution in [0.25, 0.3) is 0 Å². The number of anilines is 3. The van der Waals surface area contributed by atoms with E-state index < -0.39 is 11.4 Å². The number of aryl methyl sites for hydroxylation is 1. The summed E-state index contributed by atoms with van der Waals surface area (Å²) in [6.45, 7) is 1.91. The van der Waals surface area contributed by atoms with Crippen molar-refractivity contribution in [3.8, 4) is 6.07 Å². The lowest BCUT2D eigenvalue weighted by molar-refractivity contribution is -0.119. The number of primary amides is 1. The van der Waals surface area contributed by atoms with Crippen LogP contribution in [0.4, 0.5) is 16.4 Å². The third kappa shape index (κ3) is 2.90. The van der Waals surface area contributed by atoms with Crippen molar-refractivity contribution < 1.29 is 4.79 Å². The summed E-state index contributed by atoms with van der Waals surface area (Å²) in [7, 11) is 0. The molecule has 0 radical (unpaired) electrons. The first-order valence-corrected chi connectivity index (χ1v) is 9.20. The first-order valence-electron chi connectivity index (χ1n) is 8.42. The van der Waals surface area contributed by atoms with Crippen LogP contribution in [0.15, 0.2) is 60.2 Å². The highest BCUT2D eigenvalue weighted by molar-refractivity contribution is 7.10.